The van der Waals surface area contributed by atoms with Gasteiger partial charge in [0.15, 0.2) is 5.76 Å². The van der Waals surface area contributed by atoms with E-state index in [2.05, 4.69) is 42.6 Å². The first-order valence-corrected chi connectivity index (χ1v) is 10.6. The Balaban J connectivity index is 1.52. The molecule has 1 amide bonds. The summed E-state index contributed by atoms with van der Waals surface area (Å²) in [7, 11) is 2.13. The van der Waals surface area contributed by atoms with Gasteiger partial charge in [0.1, 0.15) is 17.3 Å². The molecule has 32 heavy (non-hydrogen) atoms. The number of amides is 1. The fourth-order valence-electron chi connectivity index (χ4n) is 3.57. The van der Waals surface area contributed by atoms with Gasteiger partial charge in [-0.1, -0.05) is 19.0 Å². The Morgan fingerprint density at radius 2 is 1.78 bits per heavy atom. The van der Waals surface area contributed by atoms with Crippen LogP contribution in [-0.2, 0) is 0 Å². The molecule has 0 atom stereocenters. The molecule has 0 radical (unpaired) electrons. The van der Waals surface area contributed by atoms with E-state index in [4.69, 9.17) is 10.3 Å². The smallest absolute Gasteiger partial charge is 0.252 e. The third-order valence-electron chi connectivity index (χ3n) is 5.43. The van der Waals surface area contributed by atoms with Crippen LogP contribution in [0.5, 0.6) is 0 Å². The summed E-state index contributed by atoms with van der Waals surface area (Å²) < 4.78 is 5.32. The van der Waals surface area contributed by atoms with Gasteiger partial charge in [-0.05, 0) is 19.2 Å². The van der Waals surface area contributed by atoms with E-state index in [1.807, 2.05) is 32.2 Å². The molecule has 10 nitrogen and oxygen atoms in total. The molecule has 0 saturated carbocycles. The van der Waals surface area contributed by atoms with Crippen LogP contribution in [0.25, 0.3) is 0 Å². The van der Waals surface area contributed by atoms with Gasteiger partial charge in [-0.25, -0.2) is 9.97 Å². The lowest BCUT2D eigenvalue weighted by Gasteiger charge is -2.33. The van der Waals surface area contributed by atoms with Crippen molar-refractivity contribution in [1.82, 2.24) is 20.0 Å². The quantitative estimate of drug-likeness (QED) is 0.512. The number of hydrogen-bond donors (Lipinski definition) is 3. The van der Waals surface area contributed by atoms with Gasteiger partial charge in [-0.3, -0.25) is 4.79 Å². The Kier molecular flexibility index (Phi) is 6.22. The Bertz CT molecular complexity index is 1070. The Morgan fingerprint density at radius 3 is 2.44 bits per heavy atom. The predicted octanol–water partition coefficient (Wildman–Crippen LogP) is 2.93. The predicted molar refractivity (Wildman–Crippen MR) is 124 cm³/mol. The third-order valence-corrected chi connectivity index (χ3v) is 5.43. The SMILES string of the molecule is CC(C)c1oncc1Nc1cc(Nc2ccc(N3CCN(C)CC3)cn2)ncc1C(N)=O. The lowest BCUT2D eigenvalue weighted by atomic mass is 10.1. The number of nitrogens with one attached hydrogen (secondary N) is 2. The number of likely N-dealkylation sites (N-methyl/N-ethyl adjacent to an activating group) is 1. The number of pyridine rings is 2. The monoisotopic (exact) mass is 436 g/mol. The molecule has 0 unspecified atom stereocenters. The van der Waals surface area contributed by atoms with Crippen molar-refractivity contribution in [3.05, 3.63) is 48.1 Å². The van der Waals surface area contributed by atoms with E-state index in [1.165, 1.54) is 6.20 Å². The standard InChI is InChI=1S/C22H28N8O2/c1-14(2)21-18(13-26-32-21)27-17-10-20(25-12-16(17)22(23)31)28-19-5-4-15(11-24-19)30-8-6-29(3)7-9-30/h4-5,10-14H,6-9H2,1-3H3,(H2,23,31)(H2,24,25,27,28). The van der Waals surface area contributed by atoms with Gasteiger partial charge >= 0.3 is 0 Å². The van der Waals surface area contributed by atoms with E-state index in [0.717, 1.165) is 31.9 Å². The van der Waals surface area contributed by atoms with E-state index in [9.17, 15) is 4.79 Å². The van der Waals surface area contributed by atoms with Crippen molar-refractivity contribution in [2.45, 2.75) is 19.8 Å². The first-order chi connectivity index (χ1) is 15.4. The molecule has 3 aromatic heterocycles. The number of primary amides is 1. The summed E-state index contributed by atoms with van der Waals surface area (Å²) in [4.78, 5) is 25.4. The zero-order valence-corrected chi connectivity index (χ0v) is 18.5. The Labute approximate surface area is 186 Å². The minimum absolute atomic E-state index is 0.125. The first kappa shape index (κ1) is 21.6. The summed E-state index contributed by atoms with van der Waals surface area (Å²) in [6, 6.07) is 5.68. The van der Waals surface area contributed by atoms with Crippen molar-refractivity contribution in [3.63, 3.8) is 0 Å². The topological polar surface area (TPSA) is 125 Å². The molecule has 10 heteroatoms. The van der Waals surface area contributed by atoms with Crippen LogP contribution >= 0.6 is 0 Å². The molecule has 0 bridgehead atoms. The number of carbonyl (C=O) groups is 1. The van der Waals surface area contributed by atoms with Gasteiger partial charge in [0.05, 0.1) is 29.3 Å². The second-order valence-corrected chi connectivity index (χ2v) is 8.18. The summed E-state index contributed by atoms with van der Waals surface area (Å²) in [5, 5.41) is 10.2. The minimum atomic E-state index is -0.580. The highest BCUT2D eigenvalue weighted by atomic mass is 16.5. The van der Waals surface area contributed by atoms with Crippen molar-refractivity contribution in [3.8, 4) is 0 Å². The van der Waals surface area contributed by atoms with Gasteiger partial charge < -0.3 is 30.7 Å². The normalized spacial score (nSPS) is 14.6. The molecule has 4 rings (SSSR count). The van der Waals surface area contributed by atoms with Crippen molar-refractivity contribution in [1.29, 1.82) is 0 Å². The molecule has 1 aliphatic rings. The average molecular weight is 437 g/mol. The zero-order chi connectivity index (χ0) is 22.7. The van der Waals surface area contributed by atoms with E-state index in [0.29, 0.717) is 28.8 Å². The molecule has 1 fully saturated rings. The number of nitrogens with two attached hydrogens (primary N) is 1. The number of nitrogens with zero attached hydrogens (tertiary/aromatic N) is 5. The molecule has 1 aliphatic heterocycles. The lowest BCUT2D eigenvalue weighted by Crippen LogP contribution is -2.44. The van der Waals surface area contributed by atoms with Crippen LogP contribution in [0.2, 0.25) is 0 Å². The number of aromatic nitrogens is 3. The van der Waals surface area contributed by atoms with E-state index in [-0.39, 0.29) is 11.5 Å². The average Bonchev–Trinajstić information content (AvgIpc) is 3.23. The number of carbonyl (C=O) groups excluding carboxylic acids is 1. The highest BCUT2D eigenvalue weighted by Gasteiger charge is 2.17. The molecule has 0 aliphatic carbocycles. The van der Waals surface area contributed by atoms with Gasteiger partial charge in [0.2, 0.25) is 0 Å². The minimum Gasteiger partial charge on any atom is -0.368 e. The summed E-state index contributed by atoms with van der Waals surface area (Å²) in [6.45, 7) is 8.04. The van der Waals surface area contributed by atoms with Crippen molar-refractivity contribution < 1.29 is 9.32 Å². The number of hydrogen-bond acceptors (Lipinski definition) is 9. The molecule has 0 spiro atoms. The number of piperazine rings is 1. The third kappa shape index (κ3) is 4.80. The summed E-state index contributed by atoms with van der Waals surface area (Å²) in [6.07, 6.45) is 4.87. The zero-order valence-electron chi connectivity index (χ0n) is 18.5. The number of rotatable bonds is 7. The fourth-order valence-corrected chi connectivity index (χ4v) is 3.57. The van der Waals surface area contributed by atoms with Gasteiger partial charge in [0.25, 0.3) is 5.91 Å². The second kappa shape index (κ2) is 9.23. The maximum absolute atomic E-state index is 11.9. The molecule has 0 aromatic carbocycles. The molecular formula is C22H28N8O2. The van der Waals surface area contributed by atoms with Crippen LogP contribution in [0.1, 0.15) is 35.9 Å². The molecule has 3 aromatic rings. The van der Waals surface area contributed by atoms with Crippen LogP contribution in [0, 0.1) is 0 Å². The molecule has 4 heterocycles. The van der Waals surface area contributed by atoms with Crippen molar-refractivity contribution >= 4 is 34.6 Å². The van der Waals surface area contributed by atoms with E-state index >= 15 is 0 Å². The fraction of sp³-hybridized carbons (Fsp3) is 0.364. The molecular weight excluding hydrogens is 408 g/mol. The highest BCUT2D eigenvalue weighted by Crippen LogP contribution is 2.30. The van der Waals surface area contributed by atoms with E-state index in [1.54, 1.807) is 12.3 Å². The number of anilines is 5. The van der Waals surface area contributed by atoms with Crippen LogP contribution < -0.4 is 21.3 Å². The first-order valence-electron chi connectivity index (χ1n) is 10.6. The largest absolute Gasteiger partial charge is 0.368 e. The highest BCUT2D eigenvalue weighted by molar-refractivity contribution is 5.99. The summed E-state index contributed by atoms with van der Waals surface area (Å²) in [5.74, 6) is 1.41. The van der Waals surface area contributed by atoms with E-state index < -0.39 is 5.91 Å². The molecule has 168 valence electrons. The lowest BCUT2D eigenvalue weighted by molar-refractivity contribution is 0.100. The maximum atomic E-state index is 11.9. The van der Waals surface area contributed by atoms with Gasteiger partial charge in [0, 0.05) is 44.4 Å². The molecule has 4 N–H and O–H groups in total. The van der Waals surface area contributed by atoms with Crippen LogP contribution in [0.4, 0.5) is 28.7 Å². The van der Waals surface area contributed by atoms with Crippen LogP contribution in [0.3, 0.4) is 0 Å². The summed E-state index contributed by atoms with van der Waals surface area (Å²) in [5.41, 5.74) is 8.09. The Morgan fingerprint density at radius 1 is 1.03 bits per heavy atom. The Hall–Kier alpha value is -3.66. The van der Waals surface area contributed by atoms with Crippen molar-refractivity contribution in [2.75, 3.05) is 48.8 Å². The maximum Gasteiger partial charge on any atom is 0.252 e. The van der Waals surface area contributed by atoms with Crippen LogP contribution in [-0.4, -0.2) is 59.2 Å². The summed E-state index contributed by atoms with van der Waals surface area (Å²) >= 11 is 0. The molecule has 1 saturated heterocycles. The van der Waals surface area contributed by atoms with Gasteiger partial charge in [-0.15, -0.1) is 0 Å². The van der Waals surface area contributed by atoms with Crippen LogP contribution in [0.15, 0.2) is 41.3 Å². The van der Waals surface area contributed by atoms with Gasteiger partial charge in [-0.2, -0.15) is 0 Å². The van der Waals surface area contributed by atoms with Crippen molar-refractivity contribution in [2.24, 2.45) is 5.73 Å². The second-order valence-electron chi connectivity index (χ2n) is 8.18.